The van der Waals surface area contributed by atoms with Gasteiger partial charge in [0.15, 0.2) is 0 Å². The normalized spacial score (nSPS) is 19.1. The highest BCUT2D eigenvalue weighted by Gasteiger charge is 2.37. The maximum absolute atomic E-state index is 12.3. The molecule has 100 valence electrons. The van der Waals surface area contributed by atoms with Crippen LogP contribution in [-0.4, -0.2) is 35.0 Å². The monoisotopic (exact) mass is 259 g/mol. The van der Waals surface area contributed by atoms with E-state index in [1.165, 1.54) is 11.1 Å². The number of carboxylic acids is 1. The van der Waals surface area contributed by atoms with Crippen molar-refractivity contribution in [2.24, 2.45) is 11.8 Å². The molecule has 0 bridgehead atoms. The number of nitrogens with zero attached hydrogens (tertiary/aromatic N) is 1. The molecule has 3 rings (SSSR count). The summed E-state index contributed by atoms with van der Waals surface area (Å²) in [5.41, 5.74) is 2.56. The number of rotatable bonds is 3. The maximum atomic E-state index is 12.3. The van der Waals surface area contributed by atoms with E-state index < -0.39 is 5.97 Å². The van der Waals surface area contributed by atoms with Gasteiger partial charge in [-0.2, -0.15) is 0 Å². The van der Waals surface area contributed by atoms with Gasteiger partial charge in [-0.05, 0) is 24.0 Å². The quantitative estimate of drug-likeness (QED) is 0.891. The molecule has 0 unspecified atom stereocenters. The highest BCUT2D eigenvalue weighted by atomic mass is 16.4. The average Bonchev–Trinajstić information content (AvgIpc) is 2.75. The molecule has 19 heavy (non-hydrogen) atoms. The summed E-state index contributed by atoms with van der Waals surface area (Å²) >= 11 is 0. The molecule has 0 atom stereocenters. The third-order valence-corrected chi connectivity index (χ3v) is 4.13. The fraction of sp³-hybridized carbons (Fsp3) is 0.467. The predicted molar refractivity (Wildman–Crippen MR) is 69.7 cm³/mol. The number of carbonyl (C=O) groups is 2. The molecule has 1 aliphatic carbocycles. The SMILES string of the molecule is O=C(O)CC1CN(C(=O)C2Cc3ccccc3C2)C1. The zero-order chi connectivity index (χ0) is 13.4. The van der Waals surface area contributed by atoms with E-state index >= 15 is 0 Å². The molecule has 4 heteroatoms. The first-order valence-electron chi connectivity index (χ1n) is 6.71. The van der Waals surface area contributed by atoms with Crippen LogP contribution in [0, 0.1) is 11.8 Å². The first-order valence-corrected chi connectivity index (χ1v) is 6.71. The van der Waals surface area contributed by atoms with Crippen LogP contribution in [0.2, 0.25) is 0 Å². The number of aliphatic carboxylic acids is 1. The summed E-state index contributed by atoms with van der Waals surface area (Å²) in [4.78, 5) is 24.7. The Balaban J connectivity index is 1.55. The molecule has 1 heterocycles. The van der Waals surface area contributed by atoms with Gasteiger partial charge in [-0.1, -0.05) is 24.3 Å². The lowest BCUT2D eigenvalue weighted by Gasteiger charge is -2.40. The molecule has 1 saturated heterocycles. The van der Waals surface area contributed by atoms with Crippen LogP contribution in [0.4, 0.5) is 0 Å². The van der Waals surface area contributed by atoms with E-state index in [2.05, 4.69) is 12.1 Å². The summed E-state index contributed by atoms with van der Waals surface area (Å²) in [5.74, 6) is -0.378. The lowest BCUT2D eigenvalue weighted by Crippen LogP contribution is -2.52. The molecular weight excluding hydrogens is 242 g/mol. The second kappa shape index (κ2) is 4.68. The molecular formula is C15H17NO3. The number of hydrogen-bond donors (Lipinski definition) is 1. The van der Waals surface area contributed by atoms with Crippen molar-refractivity contribution in [3.8, 4) is 0 Å². The van der Waals surface area contributed by atoms with Crippen molar-refractivity contribution < 1.29 is 14.7 Å². The van der Waals surface area contributed by atoms with Crippen LogP contribution in [0.15, 0.2) is 24.3 Å². The minimum absolute atomic E-state index is 0.0585. The Bertz CT molecular complexity index is 495. The minimum atomic E-state index is -0.773. The van der Waals surface area contributed by atoms with Crippen molar-refractivity contribution in [1.29, 1.82) is 0 Å². The molecule has 0 radical (unpaired) electrons. The van der Waals surface area contributed by atoms with Gasteiger partial charge in [0.1, 0.15) is 0 Å². The Hall–Kier alpha value is -1.84. The Labute approximate surface area is 112 Å². The predicted octanol–water partition coefficient (Wildman–Crippen LogP) is 1.33. The second-order valence-corrected chi connectivity index (χ2v) is 5.58. The standard InChI is InChI=1S/C15H17NO3/c17-14(18)5-10-8-16(9-10)15(19)13-6-11-3-1-2-4-12(11)7-13/h1-4,10,13H,5-9H2,(H,17,18). The van der Waals surface area contributed by atoms with Crippen molar-refractivity contribution in [3.05, 3.63) is 35.4 Å². The van der Waals surface area contributed by atoms with E-state index in [0.717, 1.165) is 12.8 Å². The molecule has 1 amide bonds. The smallest absolute Gasteiger partial charge is 0.303 e. The summed E-state index contributed by atoms with van der Waals surface area (Å²) in [6.45, 7) is 1.22. The summed E-state index contributed by atoms with van der Waals surface area (Å²) in [6.07, 6.45) is 1.83. The van der Waals surface area contributed by atoms with E-state index in [9.17, 15) is 9.59 Å². The van der Waals surface area contributed by atoms with Crippen LogP contribution in [0.1, 0.15) is 17.5 Å². The fourth-order valence-electron chi connectivity index (χ4n) is 3.12. The molecule has 0 spiro atoms. The van der Waals surface area contributed by atoms with Crippen LogP contribution >= 0.6 is 0 Å². The molecule has 0 aromatic heterocycles. The van der Waals surface area contributed by atoms with Crippen LogP contribution in [0.25, 0.3) is 0 Å². The first kappa shape index (κ1) is 12.2. The van der Waals surface area contributed by atoms with E-state index in [1.54, 1.807) is 0 Å². The third-order valence-electron chi connectivity index (χ3n) is 4.13. The third kappa shape index (κ3) is 2.35. The number of likely N-dealkylation sites (tertiary alicyclic amines) is 1. The number of benzene rings is 1. The molecule has 1 aromatic rings. The van der Waals surface area contributed by atoms with Crippen LogP contribution < -0.4 is 0 Å². The van der Waals surface area contributed by atoms with Gasteiger partial charge in [0.25, 0.3) is 0 Å². The number of fused-ring (bicyclic) bond motifs is 1. The molecule has 2 aliphatic rings. The lowest BCUT2D eigenvalue weighted by molar-refractivity contribution is -0.147. The van der Waals surface area contributed by atoms with Crippen LogP contribution in [0.3, 0.4) is 0 Å². The Kier molecular flexibility index (Phi) is 3.01. The van der Waals surface area contributed by atoms with E-state index in [1.807, 2.05) is 17.0 Å². The largest absolute Gasteiger partial charge is 0.481 e. The molecule has 4 nitrogen and oxygen atoms in total. The number of carbonyl (C=O) groups excluding carboxylic acids is 1. The molecule has 1 aliphatic heterocycles. The molecule has 1 fully saturated rings. The highest BCUT2D eigenvalue weighted by molar-refractivity contribution is 5.81. The molecule has 0 saturated carbocycles. The minimum Gasteiger partial charge on any atom is -0.481 e. The average molecular weight is 259 g/mol. The van der Waals surface area contributed by atoms with Crippen molar-refractivity contribution in [1.82, 2.24) is 4.90 Å². The second-order valence-electron chi connectivity index (χ2n) is 5.58. The van der Waals surface area contributed by atoms with Gasteiger partial charge >= 0.3 is 5.97 Å². The van der Waals surface area contributed by atoms with Gasteiger partial charge in [0.05, 0.1) is 6.42 Å². The summed E-state index contributed by atoms with van der Waals surface area (Å²) in [7, 11) is 0. The fourth-order valence-corrected chi connectivity index (χ4v) is 3.12. The van der Waals surface area contributed by atoms with Crippen molar-refractivity contribution in [2.45, 2.75) is 19.3 Å². The Morgan fingerprint density at radius 1 is 1.16 bits per heavy atom. The van der Waals surface area contributed by atoms with Crippen molar-refractivity contribution in [3.63, 3.8) is 0 Å². The molecule has 1 aromatic carbocycles. The van der Waals surface area contributed by atoms with Gasteiger partial charge in [-0.25, -0.2) is 0 Å². The van der Waals surface area contributed by atoms with Gasteiger partial charge in [0, 0.05) is 24.9 Å². The van der Waals surface area contributed by atoms with Gasteiger partial charge in [0.2, 0.25) is 5.91 Å². The van der Waals surface area contributed by atoms with Crippen LogP contribution in [0.5, 0.6) is 0 Å². The highest BCUT2D eigenvalue weighted by Crippen LogP contribution is 2.30. The van der Waals surface area contributed by atoms with Crippen molar-refractivity contribution >= 4 is 11.9 Å². The zero-order valence-corrected chi connectivity index (χ0v) is 10.7. The number of amides is 1. The Morgan fingerprint density at radius 2 is 1.74 bits per heavy atom. The van der Waals surface area contributed by atoms with E-state index in [0.29, 0.717) is 13.1 Å². The topological polar surface area (TPSA) is 57.6 Å². The van der Waals surface area contributed by atoms with Crippen molar-refractivity contribution in [2.75, 3.05) is 13.1 Å². The molecule has 1 N–H and O–H groups in total. The van der Waals surface area contributed by atoms with Gasteiger partial charge < -0.3 is 10.0 Å². The Morgan fingerprint density at radius 3 is 2.26 bits per heavy atom. The summed E-state index contributed by atoms with van der Waals surface area (Å²) < 4.78 is 0. The first-order chi connectivity index (χ1) is 9.13. The number of carboxylic acid groups (broad SMARTS) is 1. The van der Waals surface area contributed by atoms with Gasteiger partial charge in [-0.15, -0.1) is 0 Å². The van der Waals surface area contributed by atoms with E-state index in [4.69, 9.17) is 5.11 Å². The maximum Gasteiger partial charge on any atom is 0.303 e. The van der Waals surface area contributed by atoms with E-state index in [-0.39, 0.29) is 24.2 Å². The summed E-state index contributed by atoms with van der Waals surface area (Å²) in [6, 6.07) is 8.20. The lowest BCUT2D eigenvalue weighted by atomic mass is 9.93. The summed E-state index contributed by atoms with van der Waals surface area (Å²) in [5, 5.41) is 8.70. The van der Waals surface area contributed by atoms with Crippen LogP contribution in [-0.2, 0) is 22.4 Å². The zero-order valence-electron chi connectivity index (χ0n) is 10.7. The number of hydrogen-bond acceptors (Lipinski definition) is 2. The van der Waals surface area contributed by atoms with Gasteiger partial charge in [-0.3, -0.25) is 9.59 Å².